The molecular weight excluding hydrogens is 1080 g/mol. The number of rotatable bonds is 59. The molecule has 0 aromatic carbocycles. The SMILES string of the molecule is CC/C=C\C/C=C\C/C=C\C/C=C\C/C=C\C/C=C\C/C=C\C/C=C\C/C=C\C/C=C\CCCCCCCCC(=O)OC(COC(=O)CCCCCCCC/C=C\C/C=C\C/C=C\C/C=C\C/C=C\C/C=C\CC)COC(OCC[N+](C)(C)C)C(=O)[O-]. The fraction of sp³-hybridized carbons (Fsp3) is 0.551. The lowest BCUT2D eigenvalue weighted by molar-refractivity contribution is -0.870. The Morgan fingerprint density at radius 1 is 0.345 bits per heavy atom. The highest BCUT2D eigenvalue weighted by Crippen LogP contribution is 2.14. The van der Waals surface area contributed by atoms with E-state index in [0.717, 1.165) is 180 Å². The number of hydrogen-bond donors (Lipinski definition) is 0. The molecule has 2 atom stereocenters. The fourth-order valence-corrected chi connectivity index (χ4v) is 8.27. The first-order chi connectivity index (χ1) is 42.6. The number of carbonyl (C=O) groups is 3. The van der Waals surface area contributed by atoms with Crippen LogP contribution in [0.25, 0.3) is 0 Å². The zero-order chi connectivity index (χ0) is 63.3. The first kappa shape index (κ1) is 81.1. The maximum absolute atomic E-state index is 12.9. The fourth-order valence-electron chi connectivity index (χ4n) is 8.27. The summed E-state index contributed by atoms with van der Waals surface area (Å²) in [6.07, 6.45) is 99.2. The highest BCUT2D eigenvalue weighted by molar-refractivity contribution is 5.70. The summed E-state index contributed by atoms with van der Waals surface area (Å²) in [5.74, 6) is -2.35. The predicted octanol–water partition coefficient (Wildman–Crippen LogP) is 19.7. The molecule has 0 aliphatic heterocycles. The molecule has 0 heterocycles. The quantitative estimate of drug-likeness (QED) is 0.0195. The normalized spacial score (nSPS) is 14.0. The largest absolute Gasteiger partial charge is 0.545 e. The zero-order valence-corrected chi connectivity index (χ0v) is 55.3. The van der Waals surface area contributed by atoms with Crippen LogP contribution in [0.3, 0.4) is 0 Å². The van der Waals surface area contributed by atoms with Gasteiger partial charge in [0.2, 0.25) is 0 Å². The van der Waals surface area contributed by atoms with Crippen LogP contribution in [0.15, 0.2) is 194 Å². The Morgan fingerprint density at radius 3 is 0.920 bits per heavy atom. The number of nitrogens with zero attached hydrogens (tertiary/aromatic N) is 1. The molecule has 0 aliphatic rings. The van der Waals surface area contributed by atoms with Gasteiger partial charge in [-0.05, 0) is 141 Å². The number of likely N-dealkylation sites (N-methyl/N-ethyl adjacent to an activating group) is 1. The number of aliphatic carboxylic acids is 1. The standard InChI is InChI=1S/C78H121NO8/c1-6-8-10-12-14-16-18-20-22-24-26-28-30-32-33-34-35-36-37-38-39-40-41-42-43-45-47-49-51-53-55-57-59-61-63-65-67-69-76(81)87-74(73-86-78(77(82)83)84-71-70-79(3,4)5)72-85-75(80)68-66-64-62-60-58-56-54-52-50-48-46-44-31-29-27-25-23-21-19-17-15-13-11-9-7-2/h8-11,14-17,20-23,26-29,32-33,35-36,38-39,41-42,44-47,50-53,74,78H,6-7,12-13,18-19,24-25,30-31,34,37,40,43,48-49,54-73H2,1-5H3/b10-8-,11-9-,16-14-,17-15-,22-20-,23-21-,28-26-,29-27-,33-32-,36-35-,39-38-,42-41-,46-44-,47-45-,52-50-,53-51-. The predicted molar refractivity (Wildman–Crippen MR) is 370 cm³/mol. The number of carboxylic acids is 1. The van der Waals surface area contributed by atoms with Crippen LogP contribution in [0.4, 0.5) is 0 Å². The van der Waals surface area contributed by atoms with E-state index in [-0.39, 0.29) is 38.6 Å². The van der Waals surface area contributed by atoms with Crippen molar-refractivity contribution in [1.29, 1.82) is 0 Å². The van der Waals surface area contributed by atoms with Gasteiger partial charge in [0.15, 0.2) is 12.4 Å². The van der Waals surface area contributed by atoms with Gasteiger partial charge in [-0.15, -0.1) is 0 Å². The molecule has 486 valence electrons. The topological polar surface area (TPSA) is 111 Å². The number of carboxylic acid groups (broad SMARTS) is 1. The molecular formula is C78H121NO8. The van der Waals surface area contributed by atoms with E-state index in [4.69, 9.17) is 18.9 Å². The average molecular weight is 1200 g/mol. The van der Waals surface area contributed by atoms with Crippen molar-refractivity contribution in [3.8, 4) is 0 Å². The number of ether oxygens (including phenoxy) is 4. The molecule has 0 spiro atoms. The molecule has 9 heteroatoms. The van der Waals surface area contributed by atoms with Crippen LogP contribution in [-0.2, 0) is 33.3 Å². The van der Waals surface area contributed by atoms with Gasteiger partial charge in [0.1, 0.15) is 13.2 Å². The summed E-state index contributed by atoms with van der Waals surface area (Å²) in [7, 11) is 5.90. The van der Waals surface area contributed by atoms with Crippen molar-refractivity contribution in [2.75, 3.05) is 47.5 Å². The molecule has 0 bridgehead atoms. The number of hydrogen-bond acceptors (Lipinski definition) is 8. The molecule has 0 rings (SSSR count). The van der Waals surface area contributed by atoms with Gasteiger partial charge in [-0.3, -0.25) is 9.59 Å². The van der Waals surface area contributed by atoms with Crippen molar-refractivity contribution in [1.82, 2.24) is 0 Å². The second-order valence-corrected chi connectivity index (χ2v) is 22.6. The van der Waals surface area contributed by atoms with Crippen molar-refractivity contribution < 1.29 is 42.9 Å². The van der Waals surface area contributed by atoms with E-state index >= 15 is 0 Å². The lowest BCUT2D eigenvalue weighted by atomic mass is 10.1. The van der Waals surface area contributed by atoms with E-state index in [2.05, 4.69) is 208 Å². The van der Waals surface area contributed by atoms with Gasteiger partial charge >= 0.3 is 11.9 Å². The monoisotopic (exact) mass is 1200 g/mol. The minimum absolute atomic E-state index is 0.130. The Morgan fingerprint density at radius 2 is 0.621 bits per heavy atom. The lowest BCUT2D eigenvalue weighted by Gasteiger charge is -2.26. The molecule has 0 N–H and O–H groups in total. The molecule has 0 aromatic rings. The van der Waals surface area contributed by atoms with Gasteiger partial charge in [0.25, 0.3) is 0 Å². The third kappa shape index (κ3) is 67.5. The van der Waals surface area contributed by atoms with Crippen molar-refractivity contribution in [2.24, 2.45) is 0 Å². The Bertz CT molecular complexity index is 2130. The highest BCUT2D eigenvalue weighted by Gasteiger charge is 2.22. The molecule has 0 aliphatic carbocycles. The number of unbranched alkanes of at least 4 members (excludes halogenated alkanes) is 12. The van der Waals surface area contributed by atoms with Gasteiger partial charge < -0.3 is 33.3 Å². The average Bonchev–Trinajstić information content (AvgIpc) is 3.57. The van der Waals surface area contributed by atoms with Crippen LogP contribution in [-0.4, -0.2) is 82.3 Å². The lowest BCUT2D eigenvalue weighted by Crippen LogP contribution is -2.44. The van der Waals surface area contributed by atoms with Gasteiger partial charge in [-0.2, -0.15) is 0 Å². The number of esters is 2. The second-order valence-electron chi connectivity index (χ2n) is 22.6. The van der Waals surface area contributed by atoms with E-state index in [1.807, 2.05) is 21.1 Å². The maximum Gasteiger partial charge on any atom is 0.306 e. The van der Waals surface area contributed by atoms with Crippen LogP contribution in [0.2, 0.25) is 0 Å². The second kappa shape index (κ2) is 66.1. The number of quaternary nitrogens is 1. The van der Waals surface area contributed by atoms with Crippen LogP contribution in [0.1, 0.15) is 219 Å². The smallest absolute Gasteiger partial charge is 0.306 e. The summed E-state index contributed by atoms with van der Waals surface area (Å²) < 4.78 is 22.7. The van der Waals surface area contributed by atoms with Gasteiger partial charge in [0, 0.05) is 12.8 Å². The van der Waals surface area contributed by atoms with Crippen LogP contribution >= 0.6 is 0 Å². The molecule has 9 nitrogen and oxygen atoms in total. The van der Waals surface area contributed by atoms with Crippen LogP contribution < -0.4 is 5.11 Å². The third-order valence-corrected chi connectivity index (χ3v) is 13.3. The summed E-state index contributed by atoms with van der Waals surface area (Å²) in [6, 6.07) is 0. The van der Waals surface area contributed by atoms with E-state index in [1.165, 1.54) is 0 Å². The van der Waals surface area contributed by atoms with E-state index in [9.17, 15) is 19.5 Å². The van der Waals surface area contributed by atoms with Crippen molar-refractivity contribution in [2.45, 2.75) is 232 Å². The molecule has 0 fully saturated rings. The molecule has 2 unspecified atom stereocenters. The van der Waals surface area contributed by atoms with E-state index in [1.54, 1.807) is 0 Å². The summed E-state index contributed by atoms with van der Waals surface area (Å²) in [6.45, 7) is 4.45. The van der Waals surface area contributed by atoms with E-state index < -0.39 is 24.3 Å². The summed E-state index contributed by atoms with van der Waals surface area (Å²) in [5, 5.41) is 11.8. The molecule has 0 radical (unpaired) electrons. The summed E-state index contributed by atoms with van der Waals surface area (Å²) in [4.78, 5) is 37.5. The minimum Gasteiger partial charge on any atom is -0.545 e. The summed E-state index contributed by atoms with van der Waals surface area (Å²) >= 11 is 0. The molecule has 0 saturated heterocycles. The van der Waals surface area contributed by atoms with Gasteiger partial charge in [0.05, 0.1) is 40.3 Å². The van der Waals surface area contributed by atoms with Crippen LogP contribution in [0, 0.1) is 0 Å². The number of carbonyl (C=O) groups excluding carboxylic acids is 3. The third-order valence-electron chi connectivity index (χ3n) is 13.3. The Kier molecular flexibility index (Phi) is 61.6. The minimum atomic E-state index is -1.64. The zero-order valence-electron chi connectivity index (χ0n) is 55.3. The molecule has 0 amide bonds. The van der Waals surface area contributed by atoms with Gasteiger partial charge in [-0.1, -0.05) is 260 Å². The molecule has 0 saturated carbocycles. The Balaban J connectivity index is 4.29. The highest BCUT2D eigenvalue weighted by atomic mass is 16.7. The first-order valence-electron chi connectivity index (χ1n) is 33.6. The first-order valence-corrected chi connectivity index (χ1v) is 33.6. The van der Waals surface area contributed by atoms with Gasteiger partial charge in [-0.25, -0.2) is 0 Å². The Labute approximate surface area is 532 Å². The summed E-state index contributed by atoms with van der Waals surface area (Å²) in [5.41, 5.74) is 0. The molecule has 87 heavy (non-hydrogen) atoms. The van der Waals surface area contributed by atoms with E-state index in [0.29, 0.717) is 23.9 Å². The van der Waals surface area contributed by atoms with Crippen molar-refractivity contribution >= 4 is 17.9 Å². The maximum atomic E-state index is 12.9. The Hall–Kier alpha value is -5.87. The molecule has 0 aromatic heterocycles. The van der Waals surface area contributed by atoms with Crippen molar-refractivity contribution in [3.63, 3.8) is 0 Å². The number of allylic oxidation sites excluding steroid dienone is 32. The van der Waals surface area contributed by atoms with Crippen LogP contribution in [0.5, 0.6) is 0 Å². The van der Waals surface area contributed by atoms with Crippen molar-refractivity contribution in [3.05, 3.63) is 194 Å².